The molecule has 110 valence electrons. The second-order valence-corrected chi connectivity index (χ2v) is 4.91. The summed E-state index contributed by atoms with van der Waals surface area (Å²) in [5.74, 6) is -0.734. The van der Waals surface area contributed by atoms with Crippen LogP contribution in [-0.4, -0.2) is 11.6 Å². The Labute approximate surface area is 132 Å². The van der Waals surface area contributed by atoms with E-state index in [0.29, 0.717) is 11.1 Å². The fourth-order valence-electron chi connectivity index (χ4n) is 2.49. The number of carbonyl (C=O) groups is 2. The minimum absolute atomic E-state index is 0.0995. The zero-order chi connectivity index (χ0) is 16.2. The molecule has 5 nitrogen and oxygen atoms in total. The van der Waals surface area contributed by atoms with E-state index in [-0.39, 0.29) is 22.6 Å². The SMILES string of the molecule is N=[N+]=NC1=C(c2ccccc2)C(=O)C=C(c2ccccc2)C1=O. The summed E-state index contributed by atoms with van der Waals surface area (Å²) < 4.78 is 0. The molecule has 1 aliphatic rings. The minimum atomic E-state index is -0.411. The van der Waals surface area contributed by atoms with Crippen molar-refractivity contribution in [2.75, 3.05) is 0 Å². The van der Waals surface area contributed by atoms with Crippen LogP contribution in [0.4, 0.5) is 0 Å². The second-order valence-electron chi connectivity index (χ2n) is 4.91. The molecule has 0 fully saturated rings. The molecule has 23 heavy (non-hydrogen) atoms. The van der Waals surface area contributed by atoms with Gasteiger partial charge in [-0.3, -0.25) is 9.59 Å². The molecule has 5 heteroatoms. The van der Waals surface area contributed by atoms with Crippen LogP contribution >= 0.6 is 0 Å². The Morgan fingerprint density at radius 3 is 1.96 bits per heavy atom. The van der Waals surface area contributed by atoms with Crippen LogP contribution in [0.15, 0.2) is 77.6 Å². The Bertz CT molecular complexity index is 890. The van der Waals surface area contributed by atoms with Gasteiger partial charge in [-0.2, -0.15) is 0 Å². The molecule has 1 aliphatic carbocycles. The number of nitrogens with one attached hydrogen (secondary N) is 1. The normalized spacial score (nSPS) is 14.3. The highest BCUT2D eigenvalue weighted by molar-refractivity contribution is 6.45. The van der Waals surface area contributed by atoms with Crippen molar-refractivity contribution in [1.29, 1.82) is 5.53 Å². The lowest BCUT2D eigenvalue weighted by Crippen LogP contribution is -2.17. The lowest BCUT2D eigenvalue weighted by molar-refractivity contribution is -0.113. The van der Waals surface area contributed by atoms with Crippen LogP contribution in [-0.2, 0) is 9.59 Å². The van der Waals surface area contributed by atoms with E-state index in [1.165, 1.54) is 6.08 Å². The molecule has 0 saturated heterocycles. The van der Waals surface area contributed by atoms with Crippen LogP contribution in [0.2, 0.25) is 0 Å². The van der Waals surface area contributed by atoms with Gasteiger partial charge in [0.2, 0.25) is 16.4 Å². The zero-order valence-electron chi connectivity index (χ0n) is 12.1. The van der Waals surface area contributed by atoms with Crippen LogP contribution in [0.25, 0.3) is 11.1 Å². The summed E-state index contributed by atoms with van der Waals surface area (Å²) in [6.45, 7) is 0. The molecule has 0 bridgehead atoms. The minimum Gasteiger partial charge on any atom is -0.289 e. The maximum Gasteiger partial charge on any atom is 0.220 e. The Kier molecular flexibility index (Phi) is 3.87. The topological polar surface area (TPSA) is 84.4 Å². The first-order chi connectivity index (χ1) is 11.2. The summed E-state index contributed by atoms with van der Waals surface area (Å²) in [7, 11) is 0. The van der Waals surface area contributed by atoms with E-state index in [9.17, 15) is 9.59 Å². The number of hydrogen-bond acceptors (Lipinski definition) is 4. The molecule has 1 N–H and O–H groups in total. The number of benzene rings is 2. The van der Waals surface area contributed by atoms with Crippen molar-refractivity contribution in [2.45, 2.75) is 0 Å². The monoisotopic (exact) mass is 302 g/mol. The number of Topliss-reactive ketones (excluding diaryl/α,β-unsaturated/α-hetero) is 1. The summed E-state index contributed by atoms with van der Waals surface area (Å²) in [6.07, 6.45) is 1.32. The van der Waals surface area contributed by atoms with Gasteiger partial charge < -0.3 is 0 Å². The van der Waals surface area contributed by atoms with Crippen molar-refractivity contribution in [1.82, 2.24) is 4.91 Å². The van der Waals surface area contributed by atoms with E-state index >= 15 is 0 Å². The second kappa shape index (κ2) is 6.13. The van der Waals surface area contributed by atoms with Crippen LogP contribution in [0, 0.1) is 5.53 Å². The van der Waals surface area contributed by atoms with E-state index in [0.717, 1.165) is 0 Å². The summed E-state index contributed by atoms with van der Waals surface area (Å²) in [4.78, 5) is 28.3. The van der Waals surface area contributed by atoms with E-state index in [1.54, 1.807) is 48.5 Å². The number of ketones is 2. The van der Waals surface area contributed by atoms with Crippen molar-refractivity contribution in [3.05, 3.63) is 83.6 Å². The Hall–Kier alpha value is -3.43. The summed E-state index contributed by atoms with van der Waals surface area (Å²) in [5, 5.41) is 3.61. The van der Waals surface area contributed by atoms with Crippen molar-refractivity contribution >= 4 is 22.7 Å². The molecule has 2 aromatic rings. The molecular formula is C18H12N3O2+. The highest BCUT2D eigenvalue weighted by Crippen LogP contribution is 2.32. The first-order valence-corrected chi connectivity index (χ1v) is 6.95. The summed E-state index contributed by atoms with van der Waals surface area (Å²) in [5.41, 5.74) is 8.51. The van der Waals surface area contributed by atoms with Gasteiger partial charge in [-0.05, 0) is 17.2 Å². The molecular weight excluding hydrogens is 290 g/mol. The maximum atomic E-state index is 12.7. The highest BCUT2D eigenvalue weighted by atomic mass is 16.1. The van der Waals surface area contributed by atoms with E-state index in [1.807, 2.05) is 12.1 Å². The first kappa shape index (κ1) is 14.5. The number of hydrogen-bond donors (Lipinski definition) is 1. The van der Waals surface area contributed by atoms with Crippen molar-refractivity contribution in [2.24, 2.45) is 5.11 Å². The number of nitrogens with zero attached hydrogens (tertiary/aromatic N) is 2. The molecule has 0 spiro atoms. The Balaban J connectivity index is 2.18. The molecule has 0 saturated carbocycles. The maximum absolute atomic E-state index is 12.7. The molecule has 3 rings (SSSR count). The molecule has 0 atom stereocenters. The van der Waals surface area contributed by atoms with E-state index in [4.69, 9.17) is 5.53 Å². The molecule has 0 aliphatic heterocycles. The lowest BCUT2D eigenvalue weighted by atomic mass is 9.87. The smallest absolute Gasteiger partial charge is 0.220 e. The average molecular weight is 302 g/mol. The standard InChI is InChI=1S/C18H12N3O2/c19-21-20-17-16(13-9-5-2-6-10-13)15(22)11-14(18(17)23)12-7-3-1-4-8-12/h1-11,19H/q+1. The van der Waals surface area contributed by atoms with Gasteiger partial charge in [-0.15, -0.1) is 0 Å². The zero-order valence-corrected chi connectivity index (χ0v) is 12.1. The van der Waals surface area contributed by atoms with Gasteiger partial charge in [-0.25, -0.2) is 0 Å². The van der Waals surface area contributed by atoms with E-state index in [2.05, 4.69) is 10.0 Å². The van der Waals surface area contributed by atoms with Gasteiger partial charge in [0.05, 0.1) is 5.57 Å². The van der Waals surface area contributed by atoms with Crippen LogP contribution in [0.3, 0.4) is 0 Å². The largest absolute Gasteiger partial charge is 0.289 e. The fourth-order valence-corrected chi connectivity index (χ4v) is 2.49. The quantitative estimate of drug-likeness (QED) is 0.536. The molecule has 0 heterocycles. The summed E-state index contributed by atoms with van der Waals surface area (Å²) in [6, 6.07) is 17.7. The van der Waals surface area contributed by atoms with Crippen molar-refractivity contribution in [3.8, 4) is 0 Å². The molecule has 0 radical (unpaired) electrons. The molecule has 2 aromatic carbocycles. The molecule has 0 unspecified atom stereocenters. The third-order valence-corrected chi connectivity index (χ3v) is 3.52. The van der Waals surface area contributed by atoms with E-state index < -0.39 is 5.78 Å². The van der Waals surface area contributed by atoms with Crippen LogP contribution in [0.5, 0.6) is 0 Å². The highest BCUT2D eigenvalue weighted by Gasteiger charge is 2.33. The van der Waals surface area contributed by atoms with Gasteiger partial charge in [0.25, 0.3) is 0 Å². The third-order valence-electron chi connectivity index (χ3n) is 3.52. The molecule has 0 amide bonds. The van der Waals surface area contributed by atoms with Gasteiger partial charge in [0.15, 0.2) is 10.9 Å². The Morgan fingerprint density at radius 2 is 1.39 bits per heavy atom. The number of rotatable bonds is 3. The first-order valence-electron chi connectivity index (χ1n) is 6.95. The Morgan fingerprint density at radius 1 is 0.826 bits per heavy atom. The number of allylic oxidation sites excluding steroid dienone is 3. The summed E-state index contributed by atoms with van der Waals surface area (Å²) >= 11 is 0. The van der Waals surface area contributed by atoms with Crippen LogP contribution < -0.4 is 4.91 Å². The lowest BCUT2D eigenvalue weighted by Gasteiger charge is -2.14. The number of carbonyl (C=O) groups excluding carboxylic acids is 2. The van der Waals surface area contributed by atoms with Gasteiger partial charge in [0, 0.05) is 5.57 Å². The predicted octanol–water partition coefficient (Wildman–Crippen LogP) is 3.18. The molecule has 0 aromatic heterocycles. The van der Waals surface area contributed by atoms with Gasteiger partial charge >= 0.3 is 0 Å². The predicted molar refractivity (Wildman–Crippen MR) is 85.1 cm³/mol. The van der Waals surface area contributed by atoms with Crippen molar-refractivity contribution < 1.29 is 9.59 Å². The van der Waals surface area contributed by atoms with Crippen LogP contribution in [0.1, 0.15) is 11.1 Å². The fraction of sp³-hybridized carbons (Fsp3) is 0. The third kappa shape index (κ3) is 2.69. The van der Waals surface area contributed by atoms with Crippen molar-refractivity contribution in [3.63, 3.8) is 0 Å². The average Bonchev–Trinajstić information content (AvgIpc) is 2.59. The van der Waals surface area contributed by atoms with Gasteiger partial charge in [-0.1, -0.05) is 60.7 Å². The van der Waals surface area contributed by atoms with Gasteiger partial charge in [0.1, 0.15) is 5.53 Å².